The molecule has 0 aliphatic carbocycles. The summed E-state index contributed by atoms with van der Waals surface area (Å²) >= 11 is 10.2. The molecule has 0 saturated carbocycles. The molecule has 0 amide bonds. The molecule has 0 radical (unpaired) electrons. The molecule has 1 fully saturated rings. The first-order chi connectivity index (χ1) is 9.28. The van der Waals surface area contributed by atoms with Crippen LogP contribution in [0.3, 0.4) is 0 Å². The number of aromatic nitrogens is 2. The van der Waals surface area contributed by atoms with Crippen LogP contribution in [0.4, 0.5) is 0 Å². The summed E-state index contributed by atoms with van der Waals surface area (Å²) in [7, 11) is 0. The van der Waals surface area contributed by atoms with Gasteiger partial charge >= 0.3 is 0 Å². The molecule has 1 saturated heterocycles. The molecule has 0 spiro atoms. The van der Waals surface area contributed by atoms with Gasteiger partial charge in [0.1, 0.15) is 5.82 Å². The third-order valence-corrected chi connectivity index (χ3v) is 6.44. The number of nitrogens with zero attached hydrogens (tertiary/aromatic N) is 2. The van der Waals surface area contributed by atoms with Crippen molar-refractivity contribution >= 4 is 46.2 Å². The van der Waals surface area contributed by atoms with Gasteiger partial charge in [0.05, 0.1) is 16.9 Å². The predicted molar refractivity (Wildman–Crippen MR) is 87.6 cm³/mol. The maximum absolute atomic E-state index is 6.07. The summed E-state index contributed by atoms with van der Waals surface area (Å²) in [5, 5.41) is 0.680. The molecule has 1 aromatic carbocycles. The van der Waals surface area contributed by atoms with Gasteiger partial charge in [0, 0.05) is 29.1 Å². The van der Waals surface area contributed by atoms with Crippen LogP contribution in [-0.4, -0.2) is 32.1 Å². The predicted octanol–water partition coefficient (Wildman–Crippen LogP) is 3.93. The Kier molecular flexibility index (Phi) is 4.30. The highest BCUT2D eigenvalue weighted by molar-refractivity contribution is 8.06. The van der Waals surface area contributed by atoms with Crippen molar-refractivity contribution in [3.63, 3.8) is 0 Å². The lowest BCUT2D eigenvalue weighted by Crippen LogP contribution is -2.21. The van der Waals surface area contributed by atoms with E-state index in [1.165, 1.54) is 28.3 Å². The first kappa shape index (κ1) is 13.7. The lowest BCUT2D eigenvalue weighted by molar-refractivity contribution is 0.687. The fourth-order valence-electron chi connectivity index (χ4n) is 2.44. The zero-order valence-electron chi connectivity index (χ0n) is 10.9. The van der Waals surface area contributed by atoms with E-state index in [-0.39, 0.29) is 0 Å². The van der Waals surface area contributed by atoms with Gasteiger partial charge in [-0.3, -0.25) is 0 Å². The third-order valence-electron chi connectivity index (χ3n) is 3.37. The van der Waals surface area contributed by atoms with Crippen LogP contribution in [0.5, 0.6) is 0 Å². The van der Waals surface area contributed by atoms with Crippen molar-refractivity contribution in [3.8, 4) is 0 Å². The highest BCUT2D eigenvalue weighted by Gasteiger charge is 2.18. The van der Waals surface area contributed by atoms with E-state index >= 15 is 0 Å². The van der Waals surface area contributed by atoms with E-state index in [1.807, 2.05) is 0 Å². The minimum absolute atomic E-state index is 0.484. The number of hydrogen-bond donors (Lipinski definition) is 0. The van der Waals surface area contributed by atoms with Crippen molar-refractivity contribution in [1.29, 1.82) is 0 Å². The first-order valence-electron chi connectivity index (χ1n) is 6.49. The van der Waals surface area contributed by atoms with E-state index < -0.39 is 0 Å². The second-order valence-corrected chi connectivity index (χ2v) is 7.66. The lowest BCUT2D eigenvalue weighted by atomic mass is 10.2. The van der Waals surface area contributed by atoms with Gasteiger partial charge in [-0.15, -0.1) is 11.6 Å². The average molecular weight is 313 g/mol. The van der Waals surface area contributed by atoms with E-state index in [4.69, 9.17) is 11.6 Å². The molecule has 1 atom stereocenters. The Labute approximate surface area is 127 Å². The summed E-state index contributed by atoms with van der Waals surface area (Å²) < 4.78 is 2.31. The average Bonchev–Trinajstić information content (AvgIpc) is 2.77. The summed E-state index contributed by atoms with van der Waals surface area (Å²) in [5.41, 5.74) is 3.54. The minimum Gasteiger partial charge on any atom is -0.326 e. The Balaban J connectivity index is 1.95. The number of benzene rings is 1. The highest BCUT2D eigenvalue weighted by Crippen LogP contribution is 2.28. The Morgan fingerprint density at radius 2 is 2.32 bits per heavy atom. The van der Waals surface area contributed by atoms with Crippen molar-refractivity contribution in [2.24, 2.45) is 0 Å². The summed E-state index contributed by atoms with van der Waals surface area (Å²) in [6, 6.07) is 6.47. The third kappa shape index (κ3) is 2.91. The van der Waals surface area contributed by atoms with Crippen LogP contribution in [0.15, 0.2) is 18.2 Å². The van der Waals surface area contributed by atoms with Crippen molar-refractivity contribution in [3.05, 3.63) is 29.6 Å². The molecule has 2 heterocycles. The number of halogens is 1. The maximum Gasteiger partial charge on any atom is 0.124 e. The zero-order chi connectivity index (χ0) is 13.2. The molecular formula is C14H17ClN2S2. The minimum atomic E-state index is 0.484. The Hall–Kier alpha value is -0.320. The monoisotopic (exact) mass is 312 g/mol. The van der Waals surface area contributed by atoms with Gasteiger partial charge in [0.15, 0.2) is 0 Å². The van der Waals surface area contributed by atoms with Gasteiger partial charge in [-0.25, -0.2) is 4.98 Å². The Morgan fingerprint density at radius 3 is 3.05 bits per heavy atom. The second-order valence-electron chi connectivity index (χ2n) is 4.83. The van der Waals surface area contributed by atoms with Gasteiger partial charge in [0.2, 0.25) is 0 Å². The first-order valence-corrected chi connectivity index (χ1v) is 9.23. The smallest absolute Gasteiger partial charge is 0.124 e. The van der Waals surface area contributed by atoms with Crippen molar-refractivity contribution in [1.82, 2.24) is 9.55 Å². The summed E-state index contributed by atoms with van der Waals surface area (Å²) in [4.78, 5) is 4.67. The number of thioether (sulfide) groups is 2. The molecule has 1 aromatic heterocycles. The topological polar surface area (TPSA) is 17.8 Å². The summed E-state index contributed by atoms with van der Waals surface area (Å²) in [6.07, 6.45) is 0. The largest absolute Gasteiger partial charge is 0.326 e. The van der Waals surface area contributed by atoms with Crippen LogP contribution < -0.4 is 0 Å². The van der Waals surface area contributed by atoms with Gasteiger partial charge in [-0.05, 0) is 24.6 Å². The maximum atomic E-state index is 6.07. The molecular weight excluding hydrogens is 296 g/mol. The molecule has 1 unspecified atom stereocenters. The molecule has 1 aliphatic rings. The standard InChI is InChI=1S/C14H17ClN2S2/c1-10-2-3-13-12(6-10)16-14(7-15)17(13)8-11-9-18-4-5-19-11/h2-3,6,11H,4-5,7-9H2,1H3. The Bertz CT molecular complexity index is 576. The van der Waals surface area contributed by atoms with Crippen LogP contribution in [-0.2, 0) is 12.4 Å². The van der Waals surface area contributed by atoms with E-state index in [0.717, 1.165) is 17.9 Å². The molecule has 1 aliphatic heterocycles. The van der Waals surface area contributed by atoms with Crippen molar-refractivity contribution in [2.75, 3.05) is 17.3 Å². The number of fused-ring (bicyclic) bond motifs is 1. The number of rotatable bonds is 3. The van der Waals surface area contributed by atoms with Crippen molar-refractivity contribution < 1.29 is 0 Å². The fraction of sp³-hybridized carbons (Fsp3) is 0.500. The molecule has 19 heavy (non-hydrogen) atoms. The summed E-state index contributed by atoms with van der Waals surface area (Å²) in [6.45, 7) is 3.13. The van der Waals surface area contributed by atoms with Crippen molar-refractivity contribution in [2.45, 2.75) is 24.6 Å². The van der Waals surface area contributed by atoms with Crippen LogP contribution >= 0.6 is 35.1 Å². The SMILES string of the molecule is Cc1ccc2c(c1)nc(CCl)n2CC1CSCCS1. The molecule has 5 heteroatoms. The zero-order valence-corrected chi connectivity index (χ0v) is 13.3. The molecule has 0 N–H and O–H groups in total. The quantitative estimate of drug-likeness (QED) is 0.800. The normalized spacial score (nSPS) is 20.0. The number of imidazole rings is 1. The van der Waals surface area contributed by atoms with Gasteiger partial charge in [-0.2, -0.15) is 23.5 Å². The lowest BCUT2D eigenvalue weighted by Gasteiger charge is -2.22. The number of hydrogen-bond acceptors (Lipinski definition) is 3. The molecule has 2 nitrogen and oxygen atoms in total. The van der Waals surface area contributed by atoms with Crippen LogP contribution in [0, 0.1) is 6.92 Å². The summed E-state index contributed by atoms with van der Waals surface area (Å²) in [5.74, 6) is 5.26. The molecule has 2 aromatic rings. The van der Waals surface area contributed by atoms with Crippen LogP contribution in [0.25, 0.3) is 11.0 Å². The van der Waals surface area contributed by atoms with E-state index in [9.17, 15) is 0 Å². The molecule has 102 valence electrons. The van der Waals surface area contributed by atoms with E-state index in [2.05, 4.69) is 58.2 Å². The van der Waals surface area contributed by atoms with E-state index in [1.54, 1.807) is 0 Å². The van der Waals surface area contributed by atoms with Gasteiger partial charge < -0.3 is 4.57 Å². The molecule has 3 rings (SSSR count). The number of aryl methyl sites for hydroxylation is 1. The van der Waals surface area contributed by atoms with E-state index in [0.29, 0.717) is 11.1 Å². The Morgan fingerprint density at radius 1 is 1.42 bits per heavy atom. The van der Waals surface area contributed by atoms with Gasteiger partial charge in [0.25, 0.3) is 0 Å². The second kappa shape index (κ2) is 5.98. The molecule has 0 bridgehead atoms. The number of alkyl halides is 1. The van der Waals surface area contributed by atoms with Crippen LogP contribution in [0.1, 0.15) is 11.4 Å². The highest BCUT2D eigenvalue weighted by atomic mass is 35.5. The fourth-order valence-corrected chi connectivity index (χ4v) is 5.30. The van der Waals surface area contributed by atoms with Crippen LogP contribution in [0.2, 0.25) is 0 Å². The van der Waals surface area contributed by atoms with Gasteiger partial charge in [-0.1, -0.05) is 6.07 Å².